The van der Waals surface area contributed by atoms with Crippen LogP contribution in [0.25, 0.3) is 11.3 Å². The molecular formula is C17H13N3OS. The van der Waals surface area contributed by atoms with Crippen LogP contribution in [-0.2, 0) is 6.54 Å². The number of benzene rings is 2. The van der Waals surface area contributed by atoms with Crippen molar-refractivity contribution in [2.24, 2.45) is 0 Å². The summed E-state index contributed by atoms with van der Waals surface area (Å²) in [5, 5.41) is 11.0. The molecule has 0 aliphatic carbocycles. The summed E-state index contributed by atoms with van der Waals surface area (Å²) in [7, 11) is 0. The smallest absolute Gasteiger partial charge is 0.307 e. The number of nitrogen functional groups attached to an aromatic ring is 1. The molecule has 0 saturated heterocycles. The predicted molar refractivity (Wildman–Crippen MR) is 88.7 cm³/mol. The van der Waals surface area contributed by atoms with Crippen LogP contribution in [0.3, 0.4) is 0 Å². The van der Waals surface area contributed by atoms with Gasteiger partial charge in [0.05, 0.1) is 23.9 Å². The lowest BCUT2D eigenvalue weighted by molar-refractivity contribution is 0.790. The summed E-state index contributed by atoms with van der Waals surface area (Å²) in [5.41, 5.74) is 9.58. The minimum atomic E-state index is -0.0421. The highest BCUT2D eigenvalue weighted by Crippen LogP contribution is 2.22. The van der Waals surface area contributed by atoms with Crippen LogP contribution in [0.4, 0.5) is 5.69 Å². The molecule has 0 bridgehead atoms. The van der Waals surface area contributed by atoms with E-state index in [2.05, 4.69) is 6.07 Å². The van der Waals surface area contributed by atoms with Gasteiger partial charge in [0.2, 0.25) is 0 Å². The molecule has 0 atom stereocenters. The van der Waals surface area contributed by atoms with E-state index < -0.39 is 0 Å². The normalized spacial score (nSPS) is 10.3. The molecule has 3 aromatic rings. The summed E-state index contributed by atoms with van der Waals surface area (Å²) < 4.78 is 1.69. The topological polar surface area (TPSA) is 71.8 Å². The van der Waals surface area contributed by atoms with Gasteiger partial charge in [0.15, 0.2) is 0 Å². The van der Waals surface area contributed by atoms with Crippen molar-refractivity contribution in [2.75, 3.05) is 5.73 Å². The predicted octanol–water partition coefficient (Wildman–Crippen LogP) is 3.08. The first kappa shape index (κ1) is 14.1. The summed E-state index contributed by atoms with van der Waals surface area (Å²) in [6, 6.07) is 16.9. The number of rotatable bonds is 3. The maximum absolute atomic E-state index is 12.2. The van der Waals surface area contributed by atoms with E-state index in [0.29, 0.717) is 17.8 Å². The van der Waals surface area contributed by atoms with Gasteiger partial charge in [0.25, 0.3) is 0 Å². The fourth-order valence-corrected chi connectivity index (χ4v) is 3.06. The fourth-order valence-electron chi connectivity index (χ4n) is 2.30. The molecule has 0 fully saturated rings. The number of nitriles is 1. The Kier molecular flexibility index (Phi) is 3.77. The maximum atomic E-state index is 12.2. The summed E-state index contributed by atoms with van der Waals surface area (Å²) in [6.07, 6.45) is 0. The maximum Gasteiger partial charge on any atom is 0.307 e. The number of hydrogen-bond acceptors (Lipinski definition) is 4. The number of anilines is 1. The van der Waals surface area contributed by atoms with Crippen molar-refractivity contribution < 1.29 is 0 Å². The molecule has 0 radical (unpaired) electrons. The average Bonchev–Trinajstić information content (AvgIpc) is 2.90. The van der Waals surface area contributed by atoms with Crippen molar-refractivity contribution in [2.45, 2.75) is 6.54 Å². The van der Waals surface area contributed by atoms with Crippen molar-refractivity contribution in [3.8, 4) is 17.3 Å². The van der Waals surface area contributed by atoms with E-state index in [1.807, 2.05) is 47.8 Å². The quantitative estimate of drug-likeness (QED) is 0.756. The molecule has 0 saturated carbocycles. The number of hydrogen-bond donors (Lipinski definition) is 1. The Morgan fingerprint density at radius 2 is 1.86 bits per heavy atom. The standard InChI is InChI=1S/C17H13N3OS/c18-9-13-3-1-2-4-14(13)10-20-16(11-22-17(20)21)12-5-7-15(19)8-6-12/h1-8,11H,10,19H2. The van der Waals surface area contributed by atoms with Crippen molar-refractivity contribution in [1.82, 2.24) is 4.57 Å². The lowest BCUT2D eigenvalue weighted by Gasteiger charge is -2.09. The first-order valence-electron chi connectivity index (χ1n) is 6.71. The van der Waals surface area contributed by atoms with E-state index in [-0.39, 0.29) is 4.87 Å². The highest BCUT2D eigenvalue weighted by Gasteiger charge is 2.11. The average molecular weight is 307 g/mol. The largest absolute Gasteiger partial charge is 0.399 e. The van der Waals surface area contributed by atoms with Crippen molar-refractivity contribution in [3.63, 3.8) is 0 Å². The van der Waals surface area contributed by atoms with Crippen LogP contribution >= 0.6 is 11.3 Å². The molecule has 108 valence electrons. The molecule has 2 aromatic carbocycles. The fraction of sp³-hybridized carbons (Fsp3) is 0.0588. The first-order chi connectivity index (χ1) is 10.7. The van der Waals surface area contributed by atoms with Gasteiger partial charge in [-0.1, -0.05) is 41.7 Å². The highest BCUT2D eigenvalue weighted by molar-refractivity contribution is 7.07. The zero-order chi connectivity index (χ0) is 15.5. The van der Waals surface area contributed by atoms with Gasteiger partial charge in [-0.15, -0.1) is 0 Å². The van der Waals surface area contributed by atoms with Crippen molar-refractivity contribution in [1.29, 1.82) is 5.26 Å². The molecule has 1 aromatic heterocycles. The van der Waals surface area contributed by atoms with Crippen LogP contribution in [0, 0.1) is 11.3 Å². The molecule has 0 aliphatic heterocycles. The van der Waals surface area contributed by atoms with E-state index in [1.165, 1.54) is 0 Å². The zero-order valence-corrected chi connectivity index (χ0v) is 12.5. The molecule has 3 rings (SSSR count). The Morgan fingerprint density at radius 1 is 1.14 bits per heavy atom. The van der Waals surface area contributed by atoms with E-state index in [1.54, 1.807) is 10.6 Å². The number of aromatic nitrogens is 1. The Bertz CT molecular complexity index is 901. The van der Waals surface area contributed by atoms with E-state index >= 15 is 0 Å². The minimum Gasteiger partial charge on any atom is -0.399 e. The van der Waals surface area contributed by atoms with Crippen LogP contribution in [0.5, 0.6) is 0 Å². The van der Waals surface area contributed by atoms with Gasteiger partial charge < -0.3 is 5.73 Å². The molecule has 0 unspecified atom stereocenters. The molecule has 2 N–H and O–H groups in total. The van der Waals surface area contributed by atoms with Gasteiger partial charge in [0.1, 0.15) is 0 Å². The van der Waals surface area contributed by atoms with Crippen LogP contribution in [0.1, 0.15) is 11.1 Å². The molecule has 0 spiro atoms. The summed E-state index contributed by atoms with van der Waals surface area (Å²) >= 11 is 1.16. The lowest BCUT2D eigenvalue weighted by Crippen LogP contribution is -2.15. The molecule has 22 heavy (non-hydrogen) atoms. The third-order valence-electron chi connectivity index (χ3n) is 3.46. The third kappa shape index (κ3) is 2.65. The Labute approximate surface area is 131 Å². The van der Waals surface area contributed by atoms with Crippen LogP contribution in [0.15, 0.2) is 58.7 Å². The van der Waals surface area contributed by atoms with Crippen molar-refractivity contribution in [3.05, 3.63) is 74.7 Å². The van der Waals surface area contributed by atoms with Gasteiger partial charge >= 0.3 is 4.87 Å². The Hall–Kier alpha value is -2.84. The molecule has 0 amide bonds. The van der Waals surface area contributed by atoms with Crippen LogP contribution in [0.2, 0.25) is 0 Å². The van der Waals surface area contributed by atoms with Gasteiger partial charge in [-0.2, -0.15) is 5.26 Å². The SMILES string of the molecule is N#Cc1ccccc1Cn1c(-c2ccc(N)cc2)csc1=O. The monoisotopic (exact) mass is 307 g/mol. The molecule has 5 heteroatoms. The minimum absolute atomic E-state index is 0.0421. The van der Waals surface area contributed by atoms with Crippen LogP contribution in [-0.4, -0.2) is 4.57 Å². The molecule has 1 heterocycles. The van der Waals surface area contributed by atoms with Gasteiger partial charge in [-0.25, -0.2) is 0 Å². The van der Waals surface area contributed by atoms with Gasteiger partial charge in [0, 0.05) is 11.1 Å². The number of thiazole rings is 1. The second kappa shape index (κ2) is 5.88. The second-order valence-corrected chi connectivity index (χ2v) is 5.68. The van der Waals surface area contributed by atoms with E-state index in [9.17, 15) is 10.1 Å². The summed E-state index contributed by atoms with van der Waals surface area (Å²) in [6.45, 7) is 0.381. The van der Waals surface area contributed by atoms with Crippen LogP contribution < -0.4 is 10.6 Å². The Balaban J connectivity index is 2.05. The second-order valence-electron chi connectivity index (χ2n) is 4.86. The first-order valence-corrected chi connectivity index (χ1v) is 7.59. The molecule has 0 aliphatic rings. The lowest BCUT2D eigenvalue weighted by atomic mass is 10.1. The summed E-state index contributed by atoms with van der Waals surface area (Å²) in [4.78, 5) is 12.1. The molecular weight excluding hydrogens is 294 g/mol. The Morgan fingerprint density at radius 3 is 2.59 bits per heavy atom. The number of nitrogens with two attached hydrogens (primary N) is 1. The van der Waals surface area contributed by atoms with Crippen molar-refractivity contribution >= 4 is 17.0 Å². The third-order valence-corrected chi connectivity index (χ3v) is 4.22. The molecule has 4 nitrogen and oxygen atoms in total. The number of nitrogens with zero attached hydrogens (tertiary/aromatic N) is 2. The highest BCUT2D eigenvalue weighted by atomic mass is 32.1. The van der Waals surface area contributed by atoms with Gasteiger partial charge in [-0.3, -0.25) is 9.36 Å². The summed E-state index contributed by atoms with van der Waals surface area (Å²) in [5.74, 6) is 0. The van der Waals surface area contributed by atoms with Gasteiger partial charge in [-0.05, 0) is 29.3 Å². The van der Waals surface area contributed by atoms with E-state index in [4.69, 9.17) is 5.73 Å². The zero-order valence-electron chi connectivity index (χ0n) is 11.7. The van der Waals surface area contributed by atoms with E-state index in [0.717, 1.165) is 28.2 Å².